The van der Waals surface area contributed by atoms with Gasteiger partial charge in [0.15, 0.2) is 0 Å². The Morgan fingerprint density at radius 3 is 2.72 bits per heavy atom. The van der Waals surface area contributed by atoms with E-state index >= 15 is 0 Å². The summed E-state index contributed by atoms with van der Waals surface area (Å²) in [4.78, 5) is 36.8. The average molecular weight is 492 g/mol. The number of nitrogens with one attached hydrogen (secondary N) is 1. The third-order valence-corrected chi connectivity index (χ3v) is 7.36. The molecule has 3 atom stereocenters. The molecule has 1 fully saturated rings. The molecule has 1 aromatic heterocycles. The number of likely N-dealkylation sites (N-methyl/N-ethyl adjacent to an activating group) is 2. The van der Waals surface area contributed by atoms with E-state index < -0.39 is 0 Å². The minimum absolute atomic E-state index is 0.0212. The Hall–Kier alpha value is -3.39. The Bertz CT molecular complexity index is 1070. The number of hydrogen-bond donors (Lipinski definition) is 1. The number of hydrogen-bond acceptors (Lipinski definition) is 6. The summed E-state index contributed by atoms with van der Waals surface area (Å²) in [6.07, 6.45) is 3.82. The zero-order valence-corrected chi connectivity index (χ0v) is 21.5. The van der Waals surface area contributed by atoms with Crippen molar-refractivity contribution in [1.29, 1.82) is 0 Å². The van der Waals surface area contributed by atoms with Crippen molar-refractivity contribution in [2.75, 3.05) is 51.7 Å². The first kappa shape index (κ1) is 25.7. The normalized spacial score (nSPS) is 20.3. The fourth-order valence-electron chi connectivity index (χ4n) is 5.33. The van der Waals surface area contributed by atoms with Gasteiger partial charge in [0.2, 0.25) is 0 Å². The summed E-state index contributed by atoms with van der Waals surface area (Å²) in [7, 11) is 1.85. The van der Waals surface area contributed by atoms with Crippen LogP contribution < -0.4 is 5.32 Å². The van der Waals surface area contributed by atoms with Crippen LogP contribution in [0.1, 0.15) is 54.0 Å². The molecule has 2 amide bonds. The van der Waals surface area contributed by atoms with Crippen LogP contribution in [0.4, 0.5) is 10.5 Å². The zero-order valence-electron chi connectivity index (χ0n) is 21.5. The van der Waals surface area contributed by atoms with E-state index in [0.29, 0.717) is 18.7 Å². The van der Waals surface area contributed by atoms with Crippen molar-refractivity contribution in [2.45, 2.75) is 32.4 Å². The molecule has 192 valence electrons. The second-order valence-corrected chi connectivity index (χ2v) is 9.39. The minimum atomic E-state index is -0.358. The van der Waals surface area contributed by atoms with Crippen LogP contribution in [0.3, 0.4) is 0 Å². The highest BCUT2D eigenvalue weighted by Crippen LogP contribution is 2.51. The molecule has 1 unspecified atom stereocenters. The Morgan fingerprint density at radius 1 is 1.22 bits per heavy atom. The lowest BCUT2D eigenvalue weighted by Gasteiger charge is -2.39. The standard InChI is InChI=1S/C28H37N5O3/c1-5-18-36-28(35)33-15-13-21-25(24-10-8-9-14-29-24)30-23-12-11-20(19-22(23)26(21)33)27(34)31(4)16-17-32(6-2)7-3/h5,8-12,14,19,21,25-26,30H,1,6-7,13,15-18H2,2-4H3/t21-,25?,26-/m0/s1. The highest BCUT2D eigenvalue weighted by Gasteiger charge is 2.47. The fraction of sp³-hybridized carbons (Fsp3) is 0.464. The second kappa shape index (κ2) is 11.6. The zero-order chi connectivity index (χ0) is 25.7. The van der Waals surface area contributed by atoms with Gasteiger partial charge in [-0.1, -0.05) is 32.6 Å². The predicted molar refractivity (Wildman–Crippen MR) is 141 cm³/mol. The predicted octanol–water partition coefficient (Wildman–Crippen LogP) is 4.35. The van der Waals surface area contributed by atoms with Crippen LogP contribution in [0, 0.1) is 5.92 Å². The number of carbonyl (C=O) groups excluding carboxylic acids is 2. The van der Waals surface area contributed by atoms with Gasteiger partial charge in [-0.3, -0.25) is 9.78 Å². The summed E-state index contributed by atoms with van der Waals surface area (Å²) in [5.74, 6) is 0.0848. The summed E-state index contributed by atoms with van der Waals surface area (Å²) >= 11 is 0. The van der Waals surface area contributed by atoms with Gasteiger partial charge in [-0.25, -0.2) is 4.79 Å². The molecule has 1 aromatic carbocycles. The second-order valence-electron chi connectivity index (χ2n) is 9.39. The summed E-state index contributed by atoms with van der Waals surface area (Å²) in [5.41, 5.74) is 3.43. The molecular weight excluding hydrogens is 454 g/mol. The molecule has 0 aliphatic carbocycles. The lowest BCUT2D eigenvalue weighted by Crippen LogP contribution is -2.39. The number of pyridine rings is 1. The van der Waals surface area contributed by atoms with E-state index in [1.165, 1.54) is 0 Å². The van der Waals surface area contributed by atoms with Crippen LogP contribution in [-0.2, 0) is 4.74 Å². The molecule has 3 heterocycles. The van der Waals surface area contributed by atoms with E-state index in [1.54, 1.807) is 22.1 Å². The van der Waals surface area contributed by atoms with E-state index in [4.69, 9.17) is 4.74 Å². The third-order valence-electron chi connectivity index (χ3n) is 7.36. The van der Waals surface area contributed by atoms with Gasteiger partial charge in [0, 0.05) is 50.0 Å². The van der Waals surface area contributed by atoms with Crippen molar-refractivity contribution in [3.05, 3.63) is 72.1 Å². The fourth-order valence-corrected chi connectivity index (χ4v) is 5.33. The molecule has 36 heavy (non-hydrogen) atoms. The number of aromatic nitrogens is 1. The third kappa shape index (κ3) is 5.23. The number of amides is 2. The van der Waals surface area contributed by atoms with Crippen LogP contribution in [0.25, 0.3) is 0 Å². The van der Waals surface area contributed by atoms with Crippen LogP contribution in [0.2, 0.25) is 0 Å². The van der Waals surface area contributed by atoms with Gasteiger partial charge < -0.3 is 24.8 Å². The number of fused-ring (bicyclic) bond motifs is 3. The Balaban J connectivity index is 1.64. The van der Waals surface area contributed by atoms with Crippen molar-refractivity contribution in [3.8, 4) is 0 Å². The van der Waals surface area contributed by atoms with Crippen LogP contribution in [0.5, 0.6) is 0 Å². The van der Waals surface area contributed by atoms with Crippen molar-refractivity contribution in [2.24, 2.45) is 5.92 Å². The number of carbonyl (C=O) groups is 2. The molecular formula is C28H37N5O3. The maximum absolute atomic E-state index is 13.3. The van der Waals surface area contributed by atoms with Crippen LogP contribution >= 0.6 is 0 Å². The monoisotopic (exact) mass is 491 g/mol. The van der Waals surface area contributed by atoms with E-state index in [9.17, 15) is 9.59 Å². The quantitative estimate of drug-likeness (QED) is 0.526. The van der Waals surface area contributed by atoms with Crippen molar-refractivity contribution >= 4 is 17.7 Å². The van der Waals surface area contributed by atoms with Gasteiger partial charge in [-0.05, 0) is 55.4 Å². The van der Waals surface area contributed by atoms with E-state index in [0.717, 1.165) is 43.0 Å². The largest absolute Gasteiger partial charge is 0.445 e. The summed E-state index contributed by atoms with van der Waals surface area (Å²) in [6.45, 7) is 12.1. The van der Waals surface area contributed by atoms with Gasteiger partial charge in [0.25, 0.3) is 5.91 Å². The summed E-state index contributed by atoms with van der Waals surface area (Å²) in [6, 6.07) is 11.4. The minimum Gasteiger partial charge on any atom is -0.445 e. The van der Waals surface area contributed by atoms with Crippen LogP contribution in [0.15, 0.2) is 55.3 Å². The molecule has 0 bridgehead atoms. The Morgan fingerprint density at radius 2 is 2.03 bits per heavy atom. The van der Waals surface area contributed by atoms with Crippen molar-refractivity contribution in [1.82, 2.24) is 19.7 Å². The molecule has 2 aromatic rings. The number of anilines is 1. The topological polar surface area (TPSA) is 78.0 Å². The maximum atomic E-state index is 13.3. The van der Waals surface area contributed by atoms with E-state index in [2.05, 4.69) is 35.6 Å². The highest BCUT2D eigenvalue weighted by molar-refractivity contribution is 5.95. The Kier molecular flexibility index (Phi) is 8.25. The Labute approximate surface area is 213 Å². The van der Waals surface area contributed by atoms with E-state index in [1.807, 2.05) is 43.4 Å². The van der Waals surface area contributed by atoms with Crippen molar-refractivity contribution in [3.63, 3.8) is 0 Å². The molecule has 4 rings (SSSR count). The smallest absolute Gasteiger partial charge is 0.410 e. The van der Waals surface area contributed by atoms with Gasteiger partial charge >= 0.3 is 6.09 Å². The number of benzene rings is 1. The molecule has 0 saturated carbocycles. The SMILES string of the molecule is C=CCOC(=O)N1CC[C@H]2C(c3ccccn3)Nc3ccc(C(=O)N(C)CCN(CC)CC)cc3[C@H]21. The molecule has 0 radical (unpaired) electrons. The number of likely N-dealkylation sites (tertiary alicyclic amines) is 1. The molecule has 2 aliphatic heterocycles. The number of nitrogens with zero attached hydrogens (tertiary/aromatic N) is 4. The maximum Gasteiger partial charge on any atom is 0.410 e. The van der Waals surface area contributed by atoms with Crippen LogP contribution in [-0.4, -0.2) is 78.1 Å². The first-order valence-electron chi connectivity index (χ1n) is 12.8. The molecule has 0 spiro atoms. The van der Waals surface area contributed by atoms with Gasteiger partial charge in [0.1, 0.15) is 6.61 Å². The first-order chi connectivity index (χ1) is 17.5. The number of ether oxygens (including phenoxy) is 1. The average Bonchev–Trinajstić information content (AvgIpc) is 3.37. The summed E-state index contributed by atoms with van der Waals surface area (Å²) in [5, 5.41) is 3.65. The lowest BCUT2D eigenvalue weighted by molar-refractivity contribution is 0.0779. The van der Waals surface area contributed by atoms with Crippen molar-refractivity contribution < 1.29 is 14.3 Å². The van der Waals surface area contributed by atoms with Gasteiger partial charge in [0.05, 0.1) is 17.8 Å². The highest BCUT2D eigenvalue weighted by atomic mass is 16.6. The summed E-state index contributed by atoms with van der Waals surface area (Å²) < 4.78 is 5.42. The molecule has 1 saturated heterocycles. The lowest BCUT2D eigenvalue weighted by atomic mass is 9.81. The molecule has 8 heteroatoms. The van der Waals surface area contributed by atoms with E-state index in [-0.39, 0.29) is 36.6 Å². The first-order valence-corrected chi connectivity index (χ1v) is 12.8. The van der Waals surface area contributed by atoms with Gasteiger partial charge in [-0.15, -0.1) is 0 Å². The molecule has 8 nitrogen and oxygen atoms in total. The molecule has 2 aliphatic rings. The molecule has 1 N–H and O–H groups in total. The number of rotatable bonds is 9. The van der Waals surface area contributed by atoms with Gasteiger partial charge in [-0.2, -0.15) is 0 Å².